The molecule has 0 unspecified atom stereocenters. The second kappa shape index (κ2) is 15.7. The zero-order valence-electron chi connectivity index (χ0n) is 31.8. The average molecular weight is 827 g/mol. The van der Waals surface area contributed by atoms with Gasteiger partial charge in [-0.1, -0.05) is 6.07 Å². The Morgan fingerprint density at radius 3 is 2.15 bits per heavy atom. The van der Waals surface area contributed by atoms with Crippen molar-refractivity contribution in [1.29, 1.82) is 0 Å². The molecule has 11 N–H and O–H groups in total. The number of hydrogen-bond donors (Lipinski definition) is 11. The number of rotatable bonds is 9. The first-order chi connectivity index (χ1) is 27.9. The maximum absolute atomic E-state index is 14.0. The van der Waals surface area contributed by atoms with Crippen LogP contribution in [0.2, 0.25) is 0 Å². The molecular weight excluding hydrogens is 784 g/mol. The highest BCUT2D eigenvalue weighted by molar-refractivity contribution is 6.31. The highest BCUT2D eigenvalue weighted by Crippen LogP contribution is 2.57. The number of carboxylic acids is 1. The van der Waals surface area contributed by atoms with Crippen molar-refractivity contribution in [2.24, 2.45) is 0 Å². The molecule has 4 aliphatic rings. The lowest BCUT2D eigenvalue weighted by molar-refractivity contribution is -0.339. The Bertz CT molecular complexity index is 2250. The number of carboxylic acid groups (broad SMARTS) is 1. The van der Waals surface area contributed by atoms with E-state index < -0.39 is 149 Å². The van der Waals surface area contributed by atoms with Gasteiger partial charge in [0, 0.05) is 28.3 Å². The number of methoxy groups -OCH3 is 1. The number of likely N-dealkylation sites (N-methyl/N-ethyl adjacent to an activating group) is 1. The summed E-state index contributed by atoms with van der Waals surface area (Å²) in [6.07, 6.45) is -15.5. The van der Waals surface area contributed by atoms with Gasteiger partial charge in [-0.05, 0) is 49.7 Å². The first kappa shape index (κ1) is 41.9. The van der Waals surface area contributed by atoms with E-state index in [1.807, 2.05) is 0 Å². The molecule has 0 radical (unpaired) electrons. The fourth-order valence-electron chi connectivity index (χ4n) is 8.21. The minimum absolute atomic E-state index is 0.0168. The highest BCUT2D eigenvalue weighted by atomic mass is 16.7. The van der Waals surface area contributed by atoms with E-state index in [1.54, 1.807) is 6.92 Å². The van der Waals surface area contributed by atoms with E-state index >= 15 is 0 Å². The summed E-state index contributed by atoms with van der Waals surface area (Å²) in [6, 6.07) is 3.86. The predicted octanol–water partition coefficient (Wildman–Crippen LogP) is -1.00. The molecule has 3 aromatic rings. The molecule has 20 heteroatoms. The number of nitrogens with one attached hydrogen (secondary N) is 2. The van der Waals surface area contributed by atoms with Crippen LogP contribution in [0.15, 0.2) is 24.3 Å². The third kappa shape index (κ3) is 6.85. The normalized spacial score (nSPS) is 29.8. The van der Waals surface area contributed by atoms with Crippen molar-refractivity contribution >= 4 is 23.4 Å². The summed E-state index contributed by atoms with van der Waals surface area (Å²) >= 11 is 0. The fraction of sp³-hybridized carbons (Fsp3) is 0.436. The van der Waals surface area contributed by atoms with Gasteiger partial charge in [-0.25, -0.2) is 0 Å². The minimum Gasteiger partial charge on any atom is -0.507 e. The largest absolute Gasteiger partial charge is 0.507 e. The van der Waals surface area contributed by atoms with Gasteiger partial charge in [-0.2, -0.15) is 0 Å². The van der Waals surface area contributed by atoms with Crippen molar-refractivity contribution in [3.05, 3.63) is 68.8 Å². The molecule has 1 amide bonds. The van der Waals surface area contributed by atoms with Crippen molar-refractivity contribution in [2.45, 2.75) is 81.3 Å². The molecule has 0 spiro atoms. The van der Waals surface area contributed by atoms with E-state index in [0.29, 0.717) is 0 Å². The molecule has 3 aromatic carbocycles. The summed E-state index contributed by atoms with van der Waals surface area (Å²) in [5, 5.41) is 104. The highest BCUT2D eigenvalue weighted by Gasteiger charge is 2.51. The number of amides is 1. The topological polar surface area (TPSA) is 321 Å². The van der Waals surface area contributed by atoms with E-state index in [2.05, 4.69) is 10.6 Å². The minimum atomic E-state index is -1.89. The molecule has 0 saturated carbocycles. The van der Waals surface area contributed by atoms with Crippen LogP contribution >= 0.6 is 0 Å². The first-order valence-corrected chi connectivity index (χ1v) is 18.3. The zero-order chi connectivity index (χ0) is 42.9. The van der Waals surface area contributed by atoms with Crippen LogP contribution in [-0.2, 0) is 23.7 Å². The van der Waals surface area contributed by atoms with Crippen LogP contribution in [0.5, 0.6) is 23.0 Å². The lowest BCUT2D eigenvalue weighted by Crippen LogP contribution is -2.65. The third-order valence-electron chi connectivity index (χ3n) is 11.1. The molecule has 2 saturated heterocycles. The summed E-state index contributed by atoms with van der Waals surface area (Å²) in [5.41, 5.74) is -3.34. The van der Waals surface area contributed by atoms with Crippen LogP contribution in [0.4, 0.5) is 0 Å². The third-order valence-corrected chi connectivity index (χ3v) is 11.1. The molecule has 0 bridgehead atoms. The number of carbonyl (C=O) groups is 4. The number of phenolic OH excluding ortho intramolecular Hbond substituents is 3. The van der Waals surface area contributed by atoms with E-state index in [4.69, 9.17) is 23.7 Å². The number of phenols is 3. The number of aromatic hydroxyl groups is 3. The Hall–Kier alpha value is -5.26. The smallest absolute Gasteiger partial charge is 0.322 e. The number of aliphatic carboxylic acids is 1. The quantitative estimate of drug-likeness (QED) is 0.0964. The summed E-state index contributed by atoms with van der Waals surface area (Å²) in [5.74, 6) is -6.63. The Labute approximate surface area is 334 Å². The maximum Gasteiger partial charge on any atom is 0.322 e. The van der Waals surface area contributed by atoms with Crippen LogP contribution in [-0.4, -0.2) is 152 Å². The Morgan fingerprint density at radius 1 is 0.831 bits per heavy atom. The number of ketones is 2. The molecular formula is C39H42N2O18. The predicted molar refractivity (Wildman–Crippen MR) is 196 cm³/mol. The number of aliphatic hydroxyl groups excluding tert-OH is 5. The standard InChI is InChI=1S/C39H42N2O18/c1-11-5-17-24(31(50)21(11)37(54)41-9-20(44)45)23-15(8-16-25(32(23)51)28(47)14-6-13(55-4)7-18(42)22(14)27(16)46)29(48)35(17)58-39-34(53)36(26(40-3)12(2)57-39)59-38-33(52)30(49)19(43)10-56-38/h5-8,12,19,26,29-30,33-36,38-40,42-43,48-53H,9-10H2,1-4H3,(H,41,54)(H,44,45)/t12-,19+,26-,29-,30+,33+,34-,35+,36-,38+,39-/m0/s1. The zero-order valence-corrected chi connectivity index (χ0v) is 31.8. The second-order valence-corrected chi connectivity index (χ2v) is 14.7. The monoisotopic (exact) mass is 826 g/mol. The summed E-state index contributed by atoms with van der Waals surface area (Å²) in [4.78, 5) is 52.7. The van der Waals surface area contributed by atoms with Crippen LogP contribution < -0.4 is 15.4 Å². The Kier molecular flexibility index (Phi) is 11.2. The summed E-state index contributed by atoms with van der Waals surface area (Å²) in [6.45, 7) is 1.73. The Morgan fingerprint density at radius 2 is 1.49 bits per heavy atom. The van der Waals surface area contributed by atoms with Crippen LogP contribution in [0.25, 0.3) is 11.1 Å². The van der Waals surface area contributed by atoms with E-state index in [0.717, 1.165) is 12.1 Å². The van der Waals surface area contributed by atoms with Crippen molar-refractivity contribution in [3.8, 4) is 34.1 Å². The van der Waals surface area contributed by atoms with Crippen LogP contribution in [0.1, 0.15) is 78.0 Å². The lowest BCUT2D eigenvalue weighted by atomic mass is 9.74. The molecule has 2 heterocycles. The first-order valence-electron chi connectivity index (χ1n) is 18.3. The van der Waals surface area contributed by atoms with Gasteiger partial charge in [-0.3, -0.25) is 19.2 Å². The molecule has 2 fully saturated rings. The van der Waals surface area contributed by atoms with Crippen molar-refractivity contribution < 1.29 is 88.8 Å². The van der Waals surface area contributed by atoms with Crippen LogP contribution in [0.3, 0.4) is 0 Å². The van der Waals surface area contributed by atoms with Crippen molar-refractivity contribution in [1.82, 2.24) is 10.6 Å². The van der Waals surface area contributed by atoms with Crippen molar-refractivity contribution in [3.63, 3.8) is 0 Å². The molecule has 11 atom stereocenters. The van der Waals surface area contributed by atoms with Crippen LogP contribution in [0, 0.1) is 6.92 Å². The van der Waals surface area contributed by atoms with Gasteiger partial charge in [0.1, 0.15) is 72.3 Å². The molecule has 0 aromatic heterocycles. The Balaban J connectivity index is 1.36. The van der Waals surface area contributed by atoms with Gasteiger partial charge < -0.3 is 80.3 Å². The van der Waals surface area contributed by atoms with E-state index in [1.165, 1.54) is 33.2 Å². The molecule has 20 nitrogen and oxygen atoms in total. The van der Waals surface area contributed by atoms with Gasteiger partial charge in [-0.15, -0.1) is 0 Å². The SMILES string of the molecule is CN[C@@H]1[C@H](O[C@H]2OC[C@@H](O)[C@@H](O)[C@H]2O)[C@H](O)[C@H](O[C@@H]2c3cc(C)c(C(=O)NCC(=O)O)c(O)c3-c3c(cc4c(c3O)C(=O)c3cc(OC)cc(O)c3C4=O)[C@@H]2O)O[C@H]1C. The van der Waals surface area contributed by atoms with Gasteiger partial charge in [0.2, 0.25) is 0 Å². The number of aliphatic hydroxyl groups is 5. The lowest BCUT2D eigenvalue weighted by Gasteiger charge is -2.47. The van der Waals surface area contributed by atoms with E-state index in [9.17, 15) is 65.1 Å². The van der Waals surface area contributed by atoms with Gasteiger partial charge in [0.15, 0.2) is 24.1 Å². The molecule has 7 rings (SSSR count). The number of benzene rings is 3. The number of carbonyl (C=O) groups excluding carboxylic acids is 3. The molecule has 2 aliphatic carbocycles. The van der Waals surface area contributed by atoms with Gasteiger partial charge in [0.05, 0.1) is 42.6 Å². The van der Waals surface area contributed by atoms with E-state index in [-0.39, 0.29) is 33.6 Å². The summed E-state index contributed by atoms with van der Waals surface area (Å²) < 4.78 is 28.9. The number of hydrogen-bond acceptors (Lipinski definition) is 18. The molecule has 59 heavy (non-hydrogen) atoms. The number of ether oxygens (including phenoxy) is 5. The van der Waals surface area contributed by atoms with Gasteiger partial charge in [0.25, 0.3) is 5.91 Å². The summed E-state index contributed by atoms with van der Waals surface area (Å²) in [7, 11) is 2.80. The second-order valence-electron chi connectivity index (χ2n) is 14.7. The fourth-order valence-corrected chi connectivity index (χ4v) is 8.21. The van der Waals surface area contributed by atoms with Gasteiger partial charge >= 0.3 is 5.97 Å². The molecule has 316 valence electrons. The number of fused-ring (bicyclic) bond motifs is 5. The molecule has 2 aliphatic heterocycles. The van der Waals surface area contributed by atoms with Crippen molar-refractivity contribution in [2.75, 3.05) is 27.3 Å². The average Bonchev–Trinajstić information content (AvgIpc) is 3.18. The number of aryl methyl sites for hydroxylation is 1. The maximum atomic E-state index is 14.0.